The maximum atomic E-state index is 12.2. The van der Waals surface area contributed by atoms with Crippen molar-refractivity contribution in [3.05, 3.63) is 48.5 Å². The second-order valence-corrected chi connectivity index (χ2v) is 4.19. The first-order valence-corrected chi connectivity index (χ1v) is 5.98. The van der Waals surface area contributed by atoms with Gasteiger partial charge >= 0.3 is 6.36 Å². The van der Waals surface area contributed by atoms with Crippen molar-refractivity contribution in [1.29, 1.82) is 0 Å². The van der Waals surface area contributed by atoms with E-state index in [4.69, 9.17) is 4.42 Å². The summed E-state index contributed by atoms with van der Waals surface area (Å²) in [6, 6.07) is 12.8. The van der Waals surface area contributed by atoms with E-state index in [0.29, 0.717) is 16.8 Å². The number of hydrogen-bond donors (Lipinski definition) is 1. The zero-order valence-corrected chi connectivity index (χ0v) is 10.5. The topological polar surface area (TPSA) is 47.3 Å². The third-order valence-electron chi connectivity index (χ3n) is 2.61. The van der Waals surface area contributed by atoms with Crippen LogP contribution in [0.4, 0.5) is 24.9 Å². The van der Waals surface area contributed by atoms with Gasteiger partial charge in [-0.05, 0) is 24.3 Å². The lowest BCUT2D eigenvalue weighted by molar-refractivity contribution is -0.274. The first kappa shape index (κ1) is 13.3. The summed E-state index contributed by atoms with van der Waals surface area (Å²) in [6.45, 7) is 0. The lowest BCUT2D eigenvalue weighted by atomic mass is 10.3. The van der Waals surface area contributed by atoms with Crippen LogP contribution in [0.2, 0.25) is 0 Å². The van der Waals surface area contributed by atoms with Gasteiger partial charge in [0.15, 0.2) is 5.58 Å². The van der Waals surface area contributed by atoms with Crippen molar-refractivity contribution in [3.63, 3.8) is 0 Å². The number of nitrogens with zero attached hydrogens (tertiary/aromatic N) is 1. The number of ether oxygens (including phenoxy) is 1. The summed E-state index contributed by atoms with van der Waals surface area (Å²) in [6.07, 6.45) is -4.73. The van der Waals surface area contributed by atoms with Gasteiger partial charge in [-0.25, -0.2) is 0 Å². The van der Waals surface area contributed by atoms with Crippen LogP contribution in [0.5, 0.6) is 5.75 Å². The van der Waals surface area contributed by atoms with Crippen molar-refractivity contribution in [2.45, 2.75) is 6.36 Å². The molecule has 0 fully saturated rings. The number of nitrogens with one attached hydrogen (secondary N) is 1. The van der Waals surface area contributed by atoms with E-state index >= 15 is 0 Å². The van der Waals surface area contributed by atoms with Crippen LogP contribution in [0.15, 0.2) is 52.9 Å². The molecular formula is C14H9F3N2O2. The molecule has 0 spiro atoms. The van der Waals surface area contributed by atoms with Crippen LogP contribution >= 0.6 is 0 Å². The zero-order chi connectivity index (χ0) is 14.9. The molecule has 0 aliphatic carbocycles. The fourth-order valence-corrected chi connectivity index (χ4v) is 1.82. The largest absolute Gasteiger partial charge is 0.573 e. The average Bonchev–Trinajstić information content (AvgIpc) is 2.79. The Kier molecular flexibility index (Phi) is 3.17. The minimum atomic E-state index is -4.73. The number of rotatable bonds is 3. The third kappa shape index (κ3) is 3.25. The van der Waals surface area contributed by atoms with Gasteiger partial charge in [0, 0.05) is 11.8 Å². The summed E-state index contributed by atoms with van der Waals surface area (Å²) < 4.78 is 45.8. The third-order valence-corrected chi connectivity index (χ3v) is 2.61. The van der Waals surface area contributed by atoms with Gasteiger partial charge in [-0.1, -0.05) is 18.2 Å². The molecule has 7 heteroatoms. The summed E-state index contributed by atoms with van der Waals surface area (Å²) in [4.78, 5) is 4.17. The van der Waals surface area contributed by atoms with Crippen LogP contribution in [-0.4, -0.2) is 11.3 Å². The van der Waals surface area contributed by atoms with Crippen molar-refractivity contribution in [3.8, 4) is 5.75 Å². The van der Waals surface area contributed by atoms with Gasteiger partial charge in [0.25, 0.3) is 6.01 Å². The number of fused-ring (bicyclic) bond motifs is 1. The molecule has 3 aromatic rings. The molecule has 0 bridgehead atoms. The molecule has 0 saturated heterocycles. The Labute approximate surface area is 117 Å². The van der Waals surface area contributed by atoms with E-state index in [9.17, 15) is 13.2 Å². The molecule has 0 unspecified atom stereocenters. The van der Waals surface area contributed by atoms with E-state index in [-0.39, 0.29) is 11.8 Å². The fraction of sp³-hybridized carbons (Fsp3) is 0.0714. The van der Waals surface area contributed by atoms with Crippen LogP contribution in [0, 0.1) is 0 Å². The Morgan fingerprint density at radius 2 is 1.86 bits per heavy atom. The molecule has 0 amide bonds. The molecule has 1 aromatic heterocycles. The van der Waals surface area contributed by atoms with E-state index in [1.807, 2.05) is 6.07 Å². The normalized spacial score (nSPS) is 11.6. The maximum Gasteiger partial charge on any atom is 0.573 e. The highest BCUT2D eigenvalue weighted by atomic mass is 19.4. The van der Waals surface area contributed by atoms with Gasteiger partial charge in [-0.15, -0.1) is 13.2 Å². The Hall–Kier alpha value is -2.70. The molecule has 0 aliphatic rings. The first-order chi connectivity index (χ1) is 9.99. The summed E-state index contributed by atoms with van der Waals surface area (Å²) in [5.41, 5.74) is 1.62. The van der Waals surface area contributed by atoms with E-state index in [2.05, 4.69) is 15.0 Å². The van der Waals surface area contributed by atoms with Crippen LogP contribution in [0.3, 0.4) is 0 Å². The number of alkyl halides is 3. The maximum absolute atomic E-state index is 12.2. The molecule has 108 valence electrons. The monoisotopic (exact) mass is 294 g/mol. The van der Waals surface area contributed by atoms with E-state index in [1.165, 1.54) is 18.2 Å². The van der Waals surface area contributed by atoms with Gasteiger partial charge < -0.3 is 14.5 Å². The molecule has 4 nitrogen and oxygen atoms in total. The van der Waals surface area contributed by atoms with E-state index < -0.39 is 6.36 Å². The van der Waals surface area contributed by atoms with Crippen molar-refractivity contribution >= 4 is 22.8 Å². The highest BCUT2D eigenvalue weighted by Crippen LogP contribution is 2.27. The average molecular weight is 294 g/mol. The predicted molar refractivity (Wildman–Crippen MR) is 70.4 cm³/mol. The van der Waals surface area contributed by atoms with Crippen LogP contribution in [0.1, 0.15) is 0 Å². The van der Waals surface area contributed by atoms with Gasteiger partial charge in [-0.3, -0.25) is 0 Å². The number of oxazole rings is 1. The Balaban J connectivity index is 1.82. The summed E-state index contributed by atoms with van der Waals surface area (Å²) in [7, 11) is 0. The number of aromatic nitrogens is 1. The number of anilines is 2. The Bertz CT molecular complexity index is 735. The van der Waals surface area contributed by atoms with Crippen molar-refractivity contribution in [1.82, 2.24) is 4.98 Å². The lowest BCUT2D eigenvalue weighted by Gasteiger charge is -2.09. The number of para-hydroxylation sites is 2. The number of halogens is 3. The minimum absolute atomic E-state index is 0.195. The molecule has 21 heavy (non-hydrogen) atoms. The molecule has 0 radical (unpaired) electrons. The van der Waals surface area contributed by atoms with Crippen molar-refractivity contribution < 1.29 is 22.3 Å². The molecule has 2 aromatic carbocycles. The highest BCUT2D eigenvalue weighted by molar-refractivity contribution is 5.75. The summed E-state index contributed by atoms with van der Waals surface area (Å²) >= 11 is 0. The summed E-state index contributed by atoms with van der Waals surface area (Å²) in [5.74, 6) is -0.316. The SMILES string of the molecule is FC(F)(F)Oc1cccc(Nc2nc3ccccc3o2)c1. The van der Waals surface area contributed by atoms with Gasteiger partial charge in [0.1, 0.15) is 11.3 Å². The smallest absolute Gasteiger partial charge is 0.423 e. The van der Waals surface area contributed by atoms with Crippen molar-refractivity contribution in [2.24, 2.45) is 0 Å². The summed E-state index contributed by atoms with van der Waals surface area (Å²) in [5, 5.41) is 2.79. The first-order valence-electron chi connectivity index (χ1n) is 5.98. The molecule has 0 saturated carbocycles. The molecule has 1 N–H and O–H groups in total. The van der Waals surface area contributed by atoms with Gasteiger partial charge in [0.05, 0.1) is 0 Å². The Morgan fingerprint density at radius 3 is 2.62 bits per heavy atom. The van der Waals surface area contributed by atoms with E-state index in [1.54, 1.807) is 24.3 Å². The predicted octanol–water partition coefficient (Wildman–Crippen LogP) is 4.47. The van der Waals surface area contributed by atoms with E-state index in [0.717, 1.165) is 0 Å². The number of benzene rings is 2. The molecule has 0 atom stereocenters. The Morgan fingerprint density at radius 1 is 1.05 bits per heavy atom. The molecule has 3 rings (SSSR count). The van der Waals surface area contributed by atoms with Crippen LogP contribution < -0.4 is 10.1 Å². The van der Waals surface area contributed by atoms with Crippen molar-refractivity contribution in [2.75, 3.05) is 5.32 Å². The fourth-order valence-electron chi connectivity index (χ4n) is 1.82. The second-order valence-electron chi connectivity index (χ2n) is 4.19. The van der Waals surface area contributed by atoms with Crippen LogP contribution in [-0.2, 0) is 0 Å². The zero-order valence-electron chi connectivity index (χ0n) is 10.5. The molecule has 0 aliphatic heterocycles. The highest BCUT2D eigenvalue weighted by Gasteiger charge is 2.31. The molecule has 1 heterocycles. The van der Waals surface area contributed by atoms with Gasteiger partial charge in [-0.2, -0.15) is 4.98 Å². The quantitative estimate of drug-likeness (QED) is 0.774. The second kappa shape index (κ2) is 5.01. The standard InChI is InChI=1S/C14H9F3N2O2/c15-14(16,17)21-10-5-3-4-9(8-10)18-13-19-11-6-1-2-7-12(11)20-13/h1-8H,(H,18,19). The molecular weight excluding hydrogens is 285 g/mol. The number of hydrogen-bond acceptors (Lipinski definition) is 4. The van der Waals surface area contributed by atoms with Crippen LogP contribution in [0.25, 0.3) is 11.1 Å². The lowest BCUT2D eigenvalue weighted by Crippen LogP contribution is -2.17. The van der Waals surface area contributed by atoms with Gasteiger partial charge in [0.2, 0.25) is 0 Å². The minimum Gasteiger partial charge on any atom is -0.423 e.